The van der Waals surface area contributed by atoms with Gasteiger partial charge in [-0.1, -0.05) is 31.0 Å². The maximum absolute atomic E-state index is 13.4. The van der Waals surface area contributed by atoms with Crippen LogP contribution < -0.4 is 14.4 Å². The van der Waals surface area contributed by atoms with Crippen molar-refractivity contribution in [2.45, 2.75) is 43.4 Å². The van der Waals surface area contributed by atoms with Crippen molar-refractivity contribution in [1.29, 1.82) is 0 Å². The fourth-order valence-electron chi connectivity index (χ4n) is 4.57. The molecule has 2 aromatic rings. The number of carbonyl (C=O) groups excluding carboxylic acids is 2. The van der Waals surface area contributed by atoms with E-state index < -0.39 is 15.9 Å². The van der Waals surface area contributed by atoms with E-state index in [1.165, 1.54) is 29.6 Å². The van der Waals surface area contributed by atoms with Crippen LogP contribution in [0.15, 0.2) is 47.4 Å². The number of amides is 2. The second kappa shape index (κ2) is 10.5. The minimum absolute atomic E-state index is 0.0239. The van der Waals surface area contributed by atoms with Crippen LogP contribution in [-0.2, 0) is 21.2 Å². The fourth-order valence-corrected chi connectivity index (χ4v) is 6.10. The van der Waals surface area contributed by atoms with Gasteiger partial charge < -0.3 is 15.0 Å². The lowest BCUT2D eigenvalue weighted by Gasteiger charge is -2.21. The maximum Gasteiger partial charge on any atom is 0.264 e. The molecular formula is C25H31N3O5S. The van der Waals surface area contributed by atoms with Crippen LogP contribution in [0.25, 0.3) is 0 Å². The molecule has 182 valence electrons. The van der Waals surface area contributed by atoms with E-state index in [0.717, 1.165) is 44.3 Å². The number of likely N-dealkylation sites (tertiary alicyclic amines) is 1. The van der Waals surface area contributed by atoms with Gasteiger partial charge in [0, 0.05) is 32.6 Å². The molecular weight excluding hydrogens is 454 g/mol. The van der Waals surface area contributed by atoms with Crippen LogP contribution in [0.3, 0.4) is 0 Å². The summed E-state index contributed by atoms with van der Waals surface area (Å²) >= 11 is 0. The topological polar surface area (TPSA) is 96.0 Å². The molecule has 2 aromatic carbocycles. The van der Waals surface area contributed by atoms with Crippen LogP contribution >= 0.6 is 0 Å². The fraction of sp³-hybridized carbons (Fsp3) is 0.440. The van der Waals surface area contributed by atoms with Crippen LogP contribution in [0.4, 0.5) is 5.69 Å². The molecule has 1 saturated heterocycles. The van der Waals surface area contributed by atoms with Crippen molar-refractivity contribution in [1.82, 2.24) is 10.2 Å². The largest absolute Gasteiger partial charge is 0.496 e. The summed E-state index contributed by atoms with van der Waals surface area (Å²) in [7, 11) is -2.42. The Morgan fingerprint density at radius 3 is 2.47 bits per heavy atom. The van der Waals surface area contributed by atoms with E-state index in [1.54, 1.807) is 6.07 Å². The zero-order valence-corrected chi connectivity index (χ0v) is 20.3. The molecule has 0 aliphatic carbocycles. The van der Waals surface area contributed by atoms with Crippen molar-refractivity contribution in [3.63, 3.8) is 0 Å². The molecule has 34 heavy (non-hydrogen) atoms. The molecule has 1 N–H and O–H groups in total. The number of benzene rings is 2. The number of fused-ring (bicyclic) bond motifs is 1. The smallest absolute Gasteiger partial charge is 0.264 e. The lowest BCUT2D eigenvalue weighted by atomic mass is 10.2. The van der Waals surface area contributed by atoms with Gasteiger partial charge >= 0.3 is 0 Å². The minimum atomic E-state index is -3.85. The van der Waals surface area contributed by atoms with E-state index in [0.29, 0.717) is 18.7 Å². The van der Waals surface area contributed by atoms with Crippen molar-refractivity contribution in [3.05, 3.63) is 53.6 Å². The first-order valence-corrected chi connectivity index (χ1v) is 13.2. The van der Waals surface area contributed by atoms with Gasteiger partial charge in [0.15, 0.2) is 0 Å². The summed E-state index contributed by atoms with van der Waals surface area (Å²) in [5, 5.41) is 2.75. The number of para-hydroxylation sites is 1. The van der Waals surface area contributed by atoms with Gasteiger partial charge in [0.25, 0.3) is 15.9 Å². The quantitative estimate of drug-likeness (QED) is 0.651. The number of nitrogens with zero attached hydrogens (tertiary/aromatic N) is 2. The Morgan fingerprint density at radius 1 is 1.00 bits per heavy atom. The van der Waals surface area contributed by atoms with Gasteiger partial charge in [0.2, 0.25) is 5.91 Å². The van der Waals surface area contributed by atoms with E-state index in [1.807, 2.05) is 23.1 Å². The average molecular weight is 486 g/mol. The van der Waals surface area contributed by atoms with Crippen LogP contribution in [0, 0.1) is 0 Å². The SMILES string of the molecule is COc1ccc(S(=O)(=O)N2CCc3ccccc32)cc1C(=O)NCCC(=O)N1CCCCCC1. The summed E-state index contributed by atoms with van der Waals surface area (Å²) < 4.78 is 33.5. The van der Waals surface area contributed by atoms with Crippen LogP contribution in [-0.4, -0.2) is 58.4 Å². The molecule has 0 radical (unpaired) electrons. The molecule has 0 saturated carbocycles. The Balaban J connectivity index is 1.47. The van der Waals surface area contributed by atoms with Crippen LogP contribution in [0.1, 0.15) is 48.0 Å². The van der Waals surface area contributed by atoms with E-state index in [2.05, 4.69) is 5.32 Å². The summed E-state index contributed by atoms with van der Waals surface area (Å²) in [5.41, 5.74) is 1.77. The Labute approximate surface area is 200 Å². The molecule has 2 aliphatic rings. The van der Waals surface area contributed by atoms with E-state index in [9.17, 15) is 18.0 Å². The van der Waals surface area contributed by atoms with Crippen LogP contribution in [0.2, 0.25) is 0 Å². The number of ether oxygens (including phenoxy) is 1. The van der Waals surface area contributed by atoms with Crippen molar-refractivity contribution >= 4 is 27.5 Å². The first-order chi connectivity index (χ1) is 16.4. The molecule has 0 aromatic heterocycles. The normalized spacial score (nSPS) is 16.0. The van der Waals surface area contributed by atoms with Crippen molar-refractivity contribution in [2.75, 3.05) is 37.6 Å². The maximum atomic E-state index is 13.4. The second-order valence-corrected chi connectivity index (χ2v) is 10.5. The highest BCUT2D eigenvalue weighted by atomic mass is 32.2. The molecule has 0 atom stereocenters. The number of methoxy groups -OCH3 is 1. The van der Waals surface area contributed by atoms with Gasteiger partial charge in [0.1, 0.15) is 5.75 Å². The summed E-state index contributed by atoms with van der Waals surface area (Å²) in [6, 6.07) is 11.7. The highest BCUT2D eigenvalue weighted by Crippen LogP contribution is 2.33. The molecule has 2 amide bonds. The Hall–Kier alpha value is -3.07. The molecule has 0 bridgehead atoms. The lowest BCUT2D eigenvalue weighted by Crippen LogP contribution is -2.35. The van der Waals surface area contributed by atoms with Gasteiger partial charge in [0.05, 0.1) is 23.3 Å². The molecule has 8 nitrogen and oxygen atoms in total. The third-order valence-electron chi connectivity index (χ3n) is 6.43. The number of sulfonamides is 1. The third kappa shape index (κ3) is 5.04. The summed E-state index contributed by atoms with van der Waals surface area (Å²) in [5.74, 6) is -0.172. The zero-order chi connectivity index (χ0) is 24.1. The highest BCUT2D eigenvalue weighted by molar-refractivity contribution is 7.92. The van der Waals surface area contributed by atoms with Crippen LogP contribution in [0.5, 0.6) is 5.75 Å². The highest BCUT2D eigenvalue weighted by Gasteiger charge is 2.31. The summed E-state index contributed by atoms with van der Waals surface area (Å²) in [4.78, 5) is 27.3. The molecule has 0 unspecified atom stereocenters. The third-order valence-corrected chi connectivity index (χ3v) is 8.24. The van der Waals surface area contributed by atoms with Crippen molar-refractivity contribution in [2.24, 2.45) is 0 Å². The first-order valence-electron chi connectivity index (χ1n) is 11.8. The lowest BCUT2D eigenvalue weighted by molar-refractivity contribution is -0.131. The van der Waals surface area contributed by atoms with E-state index in [-0.39, 0.29) is 35.1 Å². The Kier molecular flexibility index (Phi) is 7.41. The van der Waals surface area contributed by atoms with Gasteiger partial charge in [-0.05, 0) is 49.1 Å². The summed E-state index contributed by atoms with van der Waals surface area (Å²) in [6.45, 7) is 2.06. The minimum Gasteiger partial charge on any atom is -0.496 e. The standard InChI is InChI=1S/C25H31N3O5S/c1-33-23-11-10-20(34(31,32)28-17-13-19-8-4-5-9-22(19)28)18-21(23)25(30)26-14-12-24(29)27-15-6-2-3-7-16-27/h4-5,8-11,18H,2-3,6-7,12-17H2,1H3,(H,26,30). The average Bonchev–Trinajstić information content (AvgIpc) is 3.10. The number of hydrogen-bond acceptors (Lipinski definition) is 5. The monoisotopic (exact) mass is 485 g/mol. The van der Waals surface area contributed by atoms with E-state index >= 15 is 0 Å². The van der Waals surface area contributed by atoms with E-state index in [4.69, 9.17) is 4.74 Å². The number of anilines is 1. The second-order valence-electron chi connectivity index (χ2n) is 8.62. The molecule has 0 spiro atoms. The predicted octanol–water partition coefficient (Wildman–Crippen LogP) is 2.97. The first kappa shape index (κ1) is 24.1. The Bertz CT molecular complexity index is 1160. The van der Waals surface area contributed by atoms with Gasteiger partial charge in [-0.3, -0.25) is 13.9 Å². The number of hydrogen-bond donors (Lipinski definition) is 1. The molecule has 2 heterocycles. The number of rotatable bonds is 7. The number of carbonyl (C=O) groups is 2. The summed E-state index contributed by atoms with van der Waals surface area (Å²) in [6.07, 6.45) is 5.15. The Morgan fingerprint density at radius 2 is 1.74 bits per heavy atom. The zero-order valence-electron chi connectivity index (χ0n) is 19.5. The molecule has 2 aliphatic heterocycles. The van der Waals surface area contributed by atoms with Crippen molar-refractivity contribution < 1.29 is 22.7 Å². The molecule has 1 fully saturated rings. The molecule has 4 rings (SSSR count). The van der Waals surface area contributed by atoms with Gasteiger partial charge in [-0.25, -0.2) is 8.42 Å². The number of nitrogens with one attached hydrogen (secondary N) is 1. The van der Waals surface area contributed by atoms with Gasteiger partial charge in [-0.2, -0.15) is 0 Å². The molecule has 9 heteroatoms. The van der Waals surface area contributed by atoms with Crippen molar-refractivity contribution in [3.8, 4) is 5.75 Å². The predicted molar refractivity (Wildman–Crippen MR) is 130 cm³/mol. The van der Waals surface area contributed by atoms with Gasteiger partial charge in [-0.15, -0.1) is 0 Å².